The van der Waals surface area contributed by atoms with E-state index in [9.17, 15) is 5.11 Å². The van der Waals surface area contributed by atoms with Crippen molar-refractivity contribution in [1.82, 2.24) is 5.32 Å². The Morgan fingerprint density at radius 2 is 1.89 bits per heavy atom. The summed E-state index contributed by atoms with van der Waals surface area (Å²) in [5, 5.41) is 13.3. The Morgan fingerprint density at radius 3 is 2.44 bits per heavy atom. The third kappa shape index (κ3) is 3.03. The van der Waals surface area contributed by atoms with Crippen LogP contribution in [0.4, 0.5) is 0 Å². The highest BCUT2D eigenvalue weighted by molar-refractivity contribution is 5.42. The Balaban J connectivity index is 1.81. The molecule has 1 aliphatic carbocycles. The number of hydrogen-bond donors (Lipinski definition) is 2. The van der Waals surface area contributed by atoms with E-state index in [0.717, 1.165) is 37.1 Å². The molecular formula is C15H23NO2. The number of phenols is 1. The first kappa shape index (κ1) is 13.4. The van der Waals surface area contributed by atoms with E-state index >= 15 is 0 Å². The van der Waals surface area contributed by atoms with Crippen LogP contribution >= 0.6 is 0 Å². The quantitative estimate of drug-likeness (QED) is 0.843. The summed E-state index contributed by atoms with van der Waals surface area (Å²) in [7, 11) is 0. The minimum absolute atomic E-state index is 0.416. The molecule has 1 aromatic rings. The fourth-order valence-corrected chi connectivity index (χ4v) is 2.51. The summed E-state index contributed by atoms with van der Waals surface area (Å²) in [5.74, 6) is 0.416. The molecule has 2 rings (SSSR count). The number of aromatic hydroxyl groups is 1. The van der Waals surface area contributed by atoms with Gasteiger partial charge in [0.05, 0.1) is 6.10 Å². The van der Waals surface area contributed by atoms with Crippen molar-refractivity contribution in [2.45, 2.75) is 52.3 Å². The molecule has 0 atom stereocenters. The maximum atomic E-state index is 9.72. The highest BCUT2D eigenvalue weighted by Crippen LogP contribution is 2.25. The maximum Gasteiger partial charge on any atom is 0.121 e. The lowest BCUT2D eigenvalue weighted by Crippen LogP contribution is -2.45. The topological polar surface area (TPSA) is 41.5 Å². The smallest absolute Gasteiger partial charge is 0.121 e. The number of phenolic OH excluding ortho intramolecular Hbond substituents is 1. The van der Waals surface area contributed by atoms with Gasteiger partial charge in [0.25, 0.3) is 0 Å². The fourth-order valence-electron chi connectivity index (χ4n) is 2.51. The molecule has 0 aromatic heterocycles. The van der Waals surface area contributed by atoms with Crippen molar-refractivity contribution < 1.29 is 9.84 Å². The second-order valence-electron chi connectivity index (χ2n) is 5.20. The van der Waals surface area contributed by atoms with Crippen LogP contribution in [0.1, 0.15) is 36.5 Å². The Labute approximate surface area is 109 Å². The molecule has 18 heavy (non-hydrogen) atoms. The molecule has 0 aliphatic heterocycles. The Bertz CT molecular complexity index is 388. The van der Waals surface area contributed by atoms with Crippen molar-refractivity contribution in [2.24, 2.45) is 0 Å². The van der Waals surface area contributed by atoms with Crippen LogP contribution in [0, 0.1) is 13.8 Å². The molecule has 0 unspecified atom stereocenters. The van der Waals surface area contributed by atoms with E-state index in [1.54, 1.807) is 0 Å². The first-order valence-corrected chi connectivity index (χ1v) is 6.74. The zero-order valence-electron chi connectivity index (χ0n) is 11.5. The van der Waals surface area contributed by atoms with Gasteiger partial charge in [0.2, 0.25) is 0 Å². The van der Waals surface area contributed by atoms with Crippen LogP contribution < -0.4 is 5.32 Å². The minimum Gasteiger partial charge on any atom is -0.507 e. The number of benzene rings is 1. The average Bonchev–Trinajstić information content (AvgIpc) is 2.28. The van der Waals surface area contributed by atoms with E-state index in [4.69, 9.17) is 4.74 Å². The lowest BCUT2D eigenvalue weighted by Gasteiger charge is -2.35. The van der Waals surface area contributed by atoms with E-state index in [0.29, 0.717) is 17.9 Å². The molecule has 1 saturated carbocycles. The number of ether oxygens (including phenoxy) is 1. The summed E-state index contributed by atoms with van der Waals surface area (Å²) in [6.07, 6.45) is 2.68. The first-order valence-electron chi connectivity index (χ1n) is 6.74. The second kappa shape index (κ2) is 5.72. The van der Waals surface area contributed by atoms with Crippen LogP contribution in [0.3, 0.4) is 0 Å². The van der Waals surface area contributed by atoms with Gasteiger partial charge in [0.15, 0.2) is 0 Å². The summed E-state index contributed by atoms with van der Waals surface area (Å²) in [6.45, 7) is 7.61. The largest absolute Gasteiger partial charge is 0.507 e. The van der Waals surface area contributed by atoms with Gasteiger partial charge in [-0.2, -0.15) is 0 Å². The zero-order valence-corrected chi connectivity index (χ0v) is 11.5. The highest BCUT2D eigenvalue weighted by Gasteiger charge is 2.28. The predicted molar refractivity (Wildman–Crippen MR) is 72.9 cm³/mol. The Kier molecular flexibility index (Phi) is 4.25. The van der Waals surface area contributed by atoms with E-state index in [2.05, 4.69) is 5.32 Å². The van der Waals surface area contributed by atoms with Crippen LogP contribution in [0.25, 0.3) is 0 Å². The van der Waals surface area contributed by atoms with Crippen molar-refractivity contribution in [3.8, 4) is 5.75 Å². The van der Waals surface area contributed by atoms with Crippen LogP contribution in [-0.4, -0.2) is 23.9 Å². The summed E-state index contributed by atoms with van der Waals surface area (Å²) in [5.41, 5.74) is 3.14. The van der Waals surface area contributed by atoms with Gasteiger partial charge < -0.3 is 15.2 Å². The molecule has 100 valence electrons. The van der Waals surface area contributed by atoms with Crippen molar-refractivity contribution in [2.75, 3.05) is 6.61 Å². The van der Waals surface area contributed by atoms with Crippen molar-refractivity contribution in [3.05, 3.63) is 28.8 Å². The molecule has 0 heterocycles. The standard InChI is InChI=1S/C15H23NO2/c1-4-18-14-7-13(8-14)16-9-12-5-10(2)15(17)11(3)6-12/h5-6,13-14,16-17H,4,7-9H2,1-3H3. The molecule has 2 N–H and O–H groups in total. The monoisotopic (exact) mass is 249 g/mol. The summed E-state index contributed by atoms with van der Waals surface area (Å²) >= 11 is 0. The molecular weight excluding hydrogens is 226 g/mol. The molecule has 1 aliphatic rings. The summed E-state index contributed by atoms with van der Waals surface area (Å²) < 4.78 is 5.54. The number of nitrogens with one attached hydrogen (secondary N) is 1. The van der Waals surface area contributed by atoms with Gasteiger partial charge in [-0.1, -0.05) is 12.1 Å². The normalized spacial score (nSPS) is 22.8. The molecule has 3 nitrogen and oxygen atoms in total. The van der Waals surface area contributed by atoms with Gasteiger partial charge >= 0.3 is 0 Å². The fraction of sp³-hybridized carbons (Fsp3) is 0.600. The van der Waals surface area contributed by atoms with Crippen molar-refractivity contribution >= 4 is 0 Å². The van der Waals surface area contributed by atoms with E-state index < -0.39 is 0 Å². The van der Waals surface area contributed by atoms with Crippen LogP contribution in [0.5, 0.6) is 5.75 Å². The average molecular weight is 249 g/mol. The van der Waals surface area contributed by atoms with Gasteiger partial charge in [-0.05, 0) is 50.3 Å². The lowest BCUT2D eigenvalue weighted by molar-refractivity contribution is -0.0102. The summed E-state index contributed by atoms with van der Waals surface area (Å²) in [4.78, 5) is 0. The molecule has 1 fully saturated rings. The van der Waals surface area contributed by atoms with Gasteiger partial charge in [-0.15, -0.1) is 0 Å². The van der Waals surface area contributed by atoms with Crippen LogP contribution in [0.15, 0.2) is 12.1 Å². The van der Waals surface area contributed by atoms with Crippen molar-refractivity contribution in [3.63, 3.8) is 0 Å². The van der Waals surface area contributed by atoms with Gasteiger partial charge in [-0.25, -0.2) is 0 Å². The second-order valence-corrected chi connectivity index (χ2v) is 5.20. The van der Waals surface area contributed by atoms with E-state index in [1.165, 1.54) is 5.56 Å². The third-order valence-corrected chi connectivity index (χ3v) is 3.64. The van der Waals surface area contributed by atoms with E-state index in [1.807, 2.05) is 32.9 Å². The minimum atomic E-state index is 0.416. The first-order chi connectivity index (χ1) is 8.60. The third-order valence-electron chi connectivity index (χ3n) is 3.64. The van der Waals surface area contributed by atoms with Crippen LogP contribution in [-0.2, 0) is 11.3 Å². The van der Waals surface area contributed by atoms with Gasteiger partial charge in [0, 0.05) is 19.2 Å². The van der Waals surface area contributed by atoms with Gasteiger partial charge in [-0.3, -0.25) is 0 Å². The summed E-state index contributed by atoms with van der Waals surface area (Å²) in [6, 6.07) is 4.68. The van der Waals surface area contributed by atoms with Crippen LogP contribution in [0.2, 0.25) is 0 Å². The van der Waals surface area contributed by atoms with Crippen molar-refractivity contribution in [1.29, 1.82) is 0 Å². The molecule has 0 radical (unpaired) electrons. The molecule has 0 saturated heterocycles. The molecule has 0 spiro atoms. The highest BCUT2D eigenvalue weighted by atomic mass is 16.5. The van der Waals surface area contributed by atoms with Gasteiger partial charge in [0.1, 0.15) is 5.75 Å². The zero-order chi connectivity index (χ0) is 13.1. The SMILES string of the molecule is CCOC1CC(NCc2cc(C)c(O)c(C)c2)C1. The lowest BCUT2D eigenvalue weighted by atomic mass is 9.89. The number of aryl methyl sites for hydroxylation is 2. The number of hydrogen-bond acceptors (Lipinski definition) is 3. The molecule has 0 bridgehead atoms. The molecule has 0 amide bonds. The Morgan fingerprint density at radius 1 is 1.28 bits per heavy atom. The Hall–Kier alpha value is -1.06. The predicted octanol–water partition coefficient (Wildman–Crippen LogP) is 2.67. The molecule has 3 heteroatoms. The van der Waals surface area contributed by atoms with E-state index in [-0.39, 0.29) is 0 Å². The molecule has 1 aromatic carbocycles. The maximum absolute atomic E-state index is 9.72. The number of rotatable bonds is 5.